The van der Waals surface area contributed by atoms with Gasteiger partial charge in [0.1, 0.15) is 30.2 Å². The predicted molar refractivity (Wildman–Crippen MR) is 231 cm³/mol. The highest BCUT2D eigenvalue weighted by Gasteiger charge is 2.46. The average molecular weight is 825 g/mol. The van der Waals surface area contributed by atoms with Gasteiger partial charge in [-0.1, -0.05) is 81.2 Å². The molecule has 0 aromatic heterocycles. The van der Waals surface area contributed by atoms with Gasteiger partial charge in [0.05, 0.1) is 6.04 Å². The minimum Gasteiger partial charge on any atom is -0.342 e. The number of carbonyl (C=O) groups excluding carboxylic acids is 7. The Labute approximate surface area is 355 Å². The number of hydrogen-bond donors (Lipinski definition) is 1. The van der Waals surface area contributed by atoms with Gasteiger partial charge < -0.3 is 29.8 Å². The molecule has 1 N–H and O–H groups in total. The molecule has 0 saturated carbocycles. The third kappa shape index (κ3) is 12.4. The molecule has 332 valence electrons. The van der Waals surface area contributed by atoms with Crippen molar-refractivity contribution in [3.05, 3.63) is 11.6 Å². The van der Waals surface area contributed by atoms with E-state index in [4.69, 9.17) is 6.42 Å². The third-order valence-corrected chi connectivity index (χ3v) is 12.7. The van der Waals surface area contributed by atoms with Gasteiger partial charge in [0.25, 0.3) is 0 Å². The minimum absolute atomic E-state index is 0.0227. The number of nitrogens with one attached hydrogen (secondary N) is 1. The molecule has 2 fully saturated rings. The zero-order valence-corrected chi connectivity index (χ0v) is 38.5. The summed E-state index contributed by atoms with van der Waals surface area (Å²) >= 11 is 0. The summed E-state index contributed by atoms with van der Waals surface area (Å²) in [6.07, 6.45) is 13.2. The van der Waals surface area contributed by atoms with Crippen molar-refractivity contribution in [2.24, 2.45) is 23.7 Å². The first-order valence-electron chi connectivity index (χ1n) is 22.1. The van der Waals surface area contributed by atoms with Gasteiger partial charge in [-0.2, -0.15) is 0 Å². The predicted octanol–water partition coefficient (Wildman–Crippen LogP) is 5.07. The van der Waals surface area contributed by atoms with Crippen molar-refractivity contribution < 1.29 is 33.6 Å². The van der Waals surface area contributed by atoms with Crippen molar-refractivity contribution in [1.29, 1.82) is 0 Å². The number of likely N-dealkylation sites (N-methyl/N-ethyl adjacent to an activating group) is 3. The van der Waals surface area contributed by atoms with Crippen LogP contribution in [0.5, 0.6) is 0 Å². The first-order valence-corrected chi connectivity index (χ1v) is 22.1. The van der Waals surface area contributed by atoms with Crippen LogP contribution in [-0.4, -0.2) is 136 Å². The summed E-state index contributed by atoms with van der Waals surface area (Å²) < 4.78 is 0. The second-order valence-electron chi connectivity index (χ2n) is 17.6. The number of likely N-dealkylation sites (tertiary alicyclic amines) is 2. The van der Waals surface area contributed by atoms with Gasteiger partial charge in [-0.15, -0.1) is 12.3 Å². The lowest BCUT2D eigenvalue weighted by Gasteiger charge is -2.41. The fourth-order valence-corrected chi connectivity index (χ4v) is 8.72. The summed E-state index contributed by atoms with van der Waals surface area (Å²) in [6.45, 7) is 19.4. The summed E-state index contributed by atoms with van der Waals surface area (Å²) in [5.41, 5.74) is 0.510. The molecule has 13 nitrogen and oxygen atoms in total. The van der Waals surface area contributed by atoms with Gasteiger partial charge in [-0.3, -0.25) is 33.6 Å². The Morgan fingerprint density at radius 1 is 0.746 bits per heavy atom. The van der Waals surface area contributed by atoms with Crippen LogP contribution < -0.4 is 5.32 Å². The highest BCUT2D eigenvalue weighted by Crippen LogP contribution is 2.29. The number of nitrogens with zero attached hydrogens (tertiary/aromatic N) is 5. The van der Waals surface area contributed by atoms with E-state index in [9.17, 15) is 33.6 Å². The van der Waals surface area contributed by atoms with Crippen LogP contribution in [0.15, 0.2) is 11.6 Å². The van der Waals surface area contributed by atoms with Crippen LogP contribution in [0.25, 0.3) is 0 Å². The van der Waals surface area contributed by atoms with E-state index in [0.29, 0.717) is 70.0 Å². The summed E-state index contributed by atoms with van der Waals surface area (Å²) in [5, 5.41) is 3.00. The molecule has 2 saturated heterocycles. The van der Waals surface area contributed by atoms with Crippen LogP contribution >= 0.6 is 0 Å². The summed E-state index contributed by atoms with van der Waals surface area (Å²) in [4.78, 5) is 106. The zero-order valence-electron chi connectivity index (χ0n) is 38.5. The molecule has 2 rings (SSSR count). The van der Waals surface area contributed by atoms with E-state index in [1.165, 1.54) is 14.7 Å². The molecule has 0 aromatic rings. The maximum atomic E-state index is 14.6. The first kappa shape index (κ1) is 50.9. The van der Waals surface area contributed by atoms with Gasteiger partial charge in [0.15, 0.2) is 5.78 Å². The lowest BCUT2D eigenvalue weighted by Crippen LogP contribution is -2.62. The Balaban J connectivity index is 2.40. The van der Waals surface area contributed by atoms with Crippen molar-refractivity contribution in [3.8, 4) is 12.3 Å². The highest BCUT2D eigenvalue weighted by atomic mass is 16.2. The van der Waals surface area contributed by atoms with Crippen LogP contribution in [0.2, 0.25) is 0 Å². The van der Waals surface area contributed by atoms with Crippen LogP contribution in [0, 0.1) is 36.0 Å². The summed E-state index contributed by atoms with van der Waals surface area (Å²) in [7, 11) is 4.74. The van der Waals surface area contributed by atoms with E-state index in [0.717, 1.165) is 12.8 Å². The molecule has 6 amide bonds. The van der Waals surface area contributed by atoms with E-state index in [1.54, 1.807) is 44.8 Å². The van der Waals surface area contributed by atoms with E-state index in [-0.39, 0.29) is 47.2 Å². The molecule has 2 heterocycles. The summed E-state index contributed by atoms with van der Waals surface area (Å²) in [5.74, 6) is -0.782. The lowest BCUT2D eigenvalue weighted by atomic mass is 9.92. The number of Topliss-reactive ketones (excluding diaryl/α,β-unsaturated/α-hetero) is 1. The maximum absolute atomic E-state index is 14.6. The molecule has 59 heavy (non-hydrogen) atoms. The van der Waals surface area contributed by atoms with Crippen molar-refractivity contribution in [3.63, 3.8) is 0 Å². The number of rotatable bonds is 21. The van der Waals surface area contributed by atoms with Gasteiger partial charge in [-0.05, 0) is 69.1 Å². The normalized spacial score (nSPS) is 20.0. The SMILES string of the molecule is C#CCCC/C=C(\C)C(=O)N(C)[C@H](C(=O)N[C@H](C(=O)N(C)[C@H](C(=O)N(C)[C@H](C(=O)N1CCC[C@H]1C(=O)N1CCC[C@H]1C(=O)CC)C(C)C)C(C)C)[C@@H](C)CC)[C@@H](C)CC. The first-order chi connectivity index (χ1) is 27.7. The fourth-order valence-electron chi connectivity index (χ4n) is 8.72. The Morgan fingerprint density at radius 3 is 1.81 bits per heavy atom. The number of allylic oxidation sites excluding steroid dienone is 1. The Hall–Kier alpha value is -4.21. The van der Waals surface area contributed by atoms with Crippen molar-refractivity contribution in [2.75, 3.05) is 34.2 Å². The Bertz CT molecular complexity index is 1570. The molecular weight excluding hydrogens is 749 g/mol. The van der Waals surface area contributed by atoms with Crippen molar-refractivity contribution in [1.82, 2.24) is 29.8 Å². The number of unbranched alkanes of at least 4 members (excludes halogenated alkanes) is 2. The van der Waals surface area contributed by atoms with E-state index >= 15 is 0 Å². The van der Waals surface area contributed by atoms with E-state index in [2.05, 4.69) is 11.2 Å². The molecule has 0 spiro atoms. The van der Waals surface area contributed by atoms with E-state index < -0.39 is 54.0 Å². The van der Waals surface area contributed by atoms with E-state index in [1.807, 2.05) is 61.5 Å². The topological polar surface area (TPSA) is 148 Å². The molecule has 0 aromatic carbocycles. The Morgan fingerprint density at radius 2 is 1.29 bits per heavy atom. The van der Waals surface area contributed by atoms with Crippen LogP contribution in [0.1, 0.15) is 133 Å². The molecule has 2 aliphatic heterocycles. The lowest BCUT2D eigenvalue weighted by molar-refractivity contribution is -0.156. The smallest absolute Gasteiger partial charge is 0.249 e. The number of hydrogen-bond acceptors (Lipinski definition) is 7. The molecule has 0 bridgehead atoms. The van der Waals surface area contributed by atoms with Gasteiger partial charge >= 0.3 is 0 Å². The van der Waals surface area contributed by atoms with Crippen molar-refractivity contribution >= 4 is 41.2 Å². The molecule has 0 radical (unpaired) electrons. The number of amides is 6. The van der Waals surface area contributed by atoms with Gasteiger partial charge in [-0.25, -0.2) is 0 Å². The third-order valence-electron chi connectivity index (χ3n) is 12.7. The van der Waals surface area contributed by atoms with Crippen LogP contribution in [-0.2, 0) is 33.6 Å². The van der Waals surface area contributed by atoms with Crippen LogP contribution in [0.4, 0.5) is 0 Å². The zero-order chi connectivity index (χ0) is 44.9. The molecule has 0 aliphatic carbocycles. The molecule has 2 aliphatic rings. The van der Waals surface area contributed by atoms with Gasteiger partial charge in [0.2, 0.25) is 35.4 Å². The van der Waals surface area contributed by atoms with Gasteiger partial charge in [0, 0.05) is 52.6 Å². The molecule has 13 heteroatoms. The molecule has 8 atom stereocenters. The monoisotopic (exact) mass is 825 g/mol. The molecular formula is C46H76N6O7. The molecule has 0 unspecified atom stereocenters. The quantitative estimate of drug-likeness (QED) is 0.0967. The minimum atomic E-state index is -1.000. The summed E-state index contributed by atoms with van der Waals surface area (Å²) in [6, 6.07) is -4.94. The fraction of sp³-hybridized carbons (Fsp3) is 0.761. The second kappa shape index (κ2) is 23.5. The number of carbonyl (C=O) groups is 7. The number of ketones is 1. The largest absolute Gasteiger partial charge is 0.342 e. The van der Waals surface area contributed by atoms with Crippen molar-refractivity contribution in [2.45, 2.75) is 170 Å². The highest BCUT2D eigenvalue weighted by molar-refractivity contribution is 5.99. The second-order valence-corrected chi connectivity index (χ2v) is 17.6. The number of terminal acetylenes is 1. The Kier molecular flexibility index (Phi) is 20.3. The standard InChI is InChI=1S/C46H76N6O7/c1-15-19-20-21-24-33(11)42(55)50(14)40(32(10)17-3)41(54)47-37(31(9)16-2)44(57)48(12)38(29(5)6)45(58)49(13)39(30(7)8)46(59)52-28-23-26-35(52)43(56)51-27-22-25-34(51)36(53)18-4/h1,24,29-32,34-35,37-40H,16-23,25-28H2,2-14H3,(H,47,54)/b33-24+/t31-,32-,34-,35-,37-,38-,39-,40-/m0/s1. The maximum Gasteiger partial charge on any atom is 0.249 e. The van der Waals surface area contributed by atoms with Crippen LogP contribution in [0.3, 0.4) is 0 Å². The average Bonchev–Trinajstić information content (AvgIpc) is 3.91.